The third-order valence-electron chi connectivity index (χ3n) is 5.65. The quantitative estimate of drug-likeness (QED) is 0.346. The first-order valence-corrected chi connectivity index (χ1v) is 11.7. The van der Waals surface area contributed by atoms with Crippen LogP contribution in [0.4, 0.5) is 13.2 Å². The van der Waals surface area contributed by atoms with Crippen molar-refractivity contribution in [3.05, 3.63) is 45.9 Å². The van der Waals surface area contributed by atoms with Crippen LogP contribution in [0, 0.1) is 0 Å². The van der Waals surface area contributed by atoms with E-state index >= 15 is 0 Å². The molecule has 0 aliphatic heterocycles. The molecule has 7 nitrogen and oxygen atoms in total. The lowest BCUT2D eigenvalue weighted by Crippen LogP contribution is -2.26. The average molecular weight is 465 g/mol. The number of aryl methyl sites for hydroxylation is 2. The van der Waals surface area contributed by atoms with E-state index in [2.05, 4.69) is 27.2 Å². The molecule has 0 aliphatic carbocycles. The number of hydrogen-bond donors (Lipinski definition) is 0. The van der Waals surface area contributed by atoms with Gasteiger partial charge in [0.2, 0.25) is 0 Å². The van der Waals surface area contributed by atoms with E-state index in [0.29, 0.717) is 17.9 Å². The van der Waals surface area contributed by atoms with Crippen molar-refractivity contribution < 1.29 is 13.2 Å². The number of aromatic nitrogens is 6. The van der Waals surface area contributed by atoms with Crippen LogP contribution in [0.15, 0.2) is 23.1 Å². The molecule has 3 rings (SSSR count). The molecule has 0 amide bonds. The maximum Gasteiger partial charge on any atom is 0.433 e. The highest BCUT2D eigenvalue weighted by Gasteiger charge is 2.33. The van der Waals surface area contributed by atoms with Crippen LogP contribution in [0.2, 0.25) is 0 Å². The molecule has 0 N–H and O–H groups in total. The van der Waals surface area contributed by atoms with Crippen molar-refractivity contribution in [2.75, 3.05) is 0 Å². The van der Waals surface area contributed by atoms with Gasteiger partial charge in [-0.15, -0.1) is 5.10 Å². The van der Waals surface area contributed by atoms with Crippen LogP contribution in [0.1, 0.15) is 82.4 Å². The maximum absolute atomic E-state index is 13.0. The maximum atomic E-state index is 13.0. The van der Waals surface area contributed by atoms with Gasteiger partial charge in [0.05, 0.1) is 18.1 Å². The molecule has 0 atom stereocenters. The second-order valence-electron chi connectivity index (χ2n) is 8.29. The fraction of sp³-hybridized carbons (Fsp3) is 0.609. The number of pyridine rings is 1. The highest BCUT2D eigenvalue weighted by molar-refractivity contribution is 5.73. The van der Waals surface area contributed by atoms with E-state index in [1.807, 2.05) is 6.20 Å². The number of rotatable bonds is 12. The molecule has 33 heavy (non-hydrogen) atoms. The summed E-state index contributed by atoms with van der Waals surface area (Å²) < 4.78 is 42.1. The van der Waals surface area contributed by atoms with Gasteiger partial charge in [0, 0.05) is 13.0 Å². The van der Waals surface area contributed by atoms with Gasteiger partial charge in [-0.25, -0.2) is 9.97 Å². The molecule has 0 aromatic carbocycles. The lowest BCUT2D eigenvalue weighted by molar-refractivity contribution is -0.141. The van der Waals surface area contributed by atoms with Crippen molar-refractivity contribution >= 4 is 11.0 Å². The van der Waals surface area contributed by atoms with E-state index in [1.165, 1.54) is 43.1 Å². The van der Waals surface area contributed by atoms with Gasteiger partial charge in [0.1, 0.15) is 17.2 Å². The highest BCUT2D eigenvalue weighted by Crippen LogP contribution is 2.28. The number of nitrogens with zero attached hydrogens (tertiary/aromatic N) is 6. The Kier molecular flexibility index (Phi) is 8.57. The van der Waals surface area contributed by atoms with Crippen molar-refractivity contribution in [1.82, 2.24) is 29.5 Å². The summed E-state index contributed by atoms with van der Waals surface area (Å²) in [6.45, 7) is 4.92. The molecular weight excluding hydrogens is 433 g/mol. The molecule has 0 saturated heterocycles. The topological polar surface area (TPSA) is 78.5 Å². The van der Waals surface area contributed by atoms with E-state index in [9.17, 15) is 18.0 Å². The van der Waals surface area contributed by atoms with E-state index in [-0.39, 0.29) is 17.6 Å². The third-order valence-corrected chi connectivity index (χ3v) is 5.65. The molecule has 0 aliphatic rings. The first-order valence-electron chi connectivity index (χ1n) is 11.7. The monoisotopic (exact) mass is 464 g/mol. The summed E-state index contributed by atoms with van der Waals surface area (Å²) in [5, 5.41) is 8.36. The van der Waals surface area contributed by atoms with Crippen molar-refractivity contribution in [3.8, 4) is 0 Å². The Bertz CT molecular complexity index is 1110. The van der Waals surface area contributed by atoms with Crippen LogP contribution in [0.5, 0.6) is 0 Å². The second-order valence-corrected chi connectivity index (χ2v) is 8.29. The molecule has 0 bridgehead atoms. The zero-order valence-electron chi connectivity index (χ0n) is 19.2. The summed E-state index contributed by atoms with van der Waals surface area (Å²) in [5.74, 6) is 0.358. The number of unbranched alkanes of at least 4 members (excludes halogenated alkanes) is 7. The summed E-state index contributed by atoms with van der Waals surface area (Å²) >= 11 is 0. The number of alkyl halides is 3. The minimum Gasteiger partial charge on any atom is -0.290 e. The van der Waals surface area contributed by atoms with Gasteiger partial charge >= 0.3 is 6.18 Å². The van der Waals surface area contributed by atoms with Crippen molar-refractivity contribution in [2.45, 2.75) is 90.9 Å². The molecule has 10 heteroatoms. The Morgan fingerprint density at radius 1 is 0.939 bits per heavy atom. The summed E-state index contributed by atoms with van der Waals surface area (Å²) in [6, 6.07) is 1.94. The Hall–Kier alpha value is -2.78. The first-order chi connectivity index (χ1) is 15.8. The second kappa shape index (κ2) is 11.4. The smallest absolute Gasteiger partial charge is 0.290 e. The van der Waals surface area contributed by atoms with Gasteiger partial charge in [0.15, 0.2) is 5.65 Å². The number of hydrogen-bond acceptors (Lipinski definition) is 5. The third kappa shape index (κ3) is 6.61. The molecule has 0 radical (unpaired) electrons. The SMILES string of the molecule is CCCCCCCCCCn1cc(Cn2c(CC)nc3nc(C(F)(F)F)ccc3c2=O)nn1. The molecule has 0 fully saturated rings. The fourth-order valence-electron chi connectivity index (χ4n) is 3.83. The normalized spacial score (nSPS) is 12.0. The Labute approximate surface area is 191 Å². The molecule has 3 aromatic rings. The number of fused-ring (bicyclic) bond motifs is 1. The van der Waals surface area contributed by atoms with E-state index in [4.69, 9.17) is 0 Å². The standard InChI is InChI=1S/C23H31F3N6O/c1-3-5-6-7-8-9-10-11-14-31-15-17(29-30-31)16-32-20(4-2)28-21-18(22(32)33)12-13-19(27-21)23(24,25)26/h12-13,15H,3-11,14,16H2,1-2H3. The minimum atomic E-state index is -4.59. The summed E-state index contributed by atoms with van der Waals surface area (Å²) in [7, 11) is 0. The summed E-state index contributed by atoms with van der Waals surface area (Å²) in [5.41, 5.74) is -1.09. The minimum absolute atomic E-state index is 0.0477. The highest BCUT2D eigenvalue weighted by atomic mass is 19.4. The van der Waals surface area contributed by atoms with Crippen LogP contribution in [-0.4, -0.2) is 29.5 Å². The van der Waals surface area contributed by atoms with Gasteiger partial charge in [-0.05, 0) is 18.6 Å². The van der Waals surface area contributed by atoms with E-state index < -0.39 is 17.4 Å². The van der Waals surface area contributed by atoms with Crippen LogP contribution in [0.3, 0.4) is 0 Å². The van der Waals surface area contributed by atoms with Crippen LogP contribution >= 0.6 is 0 Å². The predicted octanol–water partition coefficient (Wildman–Crippen LogP) is 5.15. The summed E-state index contributed by atoms with van der Waals surface area (Å²) in [4.78, 5) is 20.7. The zero-order valence-corrected chi connectivity index (χ0v) is 19.2. The van der Waals surface area contributed by atoms with Gasteiger partial charge < -0.3 is 0 Å². The van der Waals surface area contributed by atoms with Gasteiger partial charge in [-0.1, -0.05) is 64.0 Å². The molecule has 0 spiro atoms. The lowest BCUT2D eigenvalue weighted by Gasteiger charge is -2.12. The Morgan fingerprint density at radius 2 is 1.64 bits per heavy atom. The first kappa shape index (κ1) is 24.9. The van der Waals surface area contributed by atoms with Gasteiger partial charge in [-0.2, -0.15) is 13.2 Å². The predicted molar refractivity (Wildman–Crippen MR) is 120 cm³/mol. The van der Waals surface area contributed by atoms with Crippen molar-refractivity contribution in [2.24, 2.45) is 0 Å². The van der Waals surface area contributed by atoms with E-state index in [0.717, 1.165) is 31.5 Å². The average Bonchev–Trinajstić information content (AvgIpc) is 3.23. The molecule has 180 valence electrons. The lowest BCUT2D eigenvalue weighted by atomic mass is 10.1. The molecule has 0 unspecified atom stereocenters. The largest absolute Gasteiger partial charge is 0.433 e. The molecule has 0 saturated carbocycles. The van der Waals surface area contributed by atoms with Crippen LogP contribution in [-0.2, 0) is 25.7 Å². The van der Waals surface area contributed by atoms with Crippen molar-refractivity contribution in [3.63, 3.8) is 0 Å². The van der Waals surface area contributed by atoms with Crippen molar-refractivity contribution in [1.29, 1.82) is 0 Å². The van der Waals surface area contributed by atoms with Crippen LogP contribution < -0.4 is 5.56 Å². The Morgan fingerprint density at radius 3 is 2.30 bits per heavy atom. The summed E-state index contributed by atoms with van der Waals surface area (Å²) in [6.07, 6.45) is 7.39. The van der Waals surface area contributed by atoms with Crippen LogP contribution in [0.25, 0.3) is 11.0 Å². The van der Waals surface area contributed by atoms with E-state index in [1.54, 1.807) is 11.6 Å². The van der Waals surface area contributed by atoms with Gasteiger partial charge in [-0.3, -0.25) is 14.0 Å². The fourth-order valence-corrected chi connectivity index (χ4v) is 3.83. The molecular formula is C23H31F3N6O. The molecule has 3 heterocycles. The Balaban J connectivity index is 1.65. The van der Waals surface area contributed by atoms with Gasteiger partial charge in [0.25, 0.3) is 5.56 Å². The zero-order chi connectivity index (χ0) is 23.8. The number of halogens is 3. The molecule has 3 aromatic heterocycles.